The summed E-state index contributed by atoms with van der Waals surface area (Å²) in [5, 5.41) is 14.6. The fraction of sp³-hybridized carbons (Fsp3) is 0.471. The second kappa shape index (κ2) is 9.05. The molecule has 0 spiro atoms. The summed E-state index contributed by atoms with van der Waals surface area (Å²) in [6, 6.07) is 8.15. The van der Waals surface area contributed by atoms with Crippen LogP contribution in [0.25, 0.3) is 0 Å². The summed E-state index contributed by atoms with van der Waals surface area (Å²) in [7, 11) is 1.80. The number of thioether (sulfide) groups is 1. The van der Waals surface area contributed by atoms with Gasteiger partial charge in [-0.05, 0) is 37.1 Å². The molecule has 1 aliphatic rings. The first kappa shape index (κ1) is 18.0. The van der Waals surface area contributed by atoms with Crippen molar-refractivity contribution in [1.82, 2.24) is 10.2 Å². The summed E-state index contributed by atoms with van der Waals surface area (Å²) >= 11 is 2.84. The van der Waals surface area contributed by atoms with Gasteiger partial charge in [0.2, 0.25) is 11.0 Å². The van der Waals surface area contributed by atoms with Crippen molar-refractivity contribution >= 4 is 45.5 Å². The van der Waals surface area contributed by atoms with Crippen LogP contribution in [0.4, 0.5) is 16.5 Å². The molecule has 2 aromatic rings. The Morgan fingerprint density at radius 3 is 2.52 bits per heavy atom. The van der Waals surface area contributed by atoms with E-state index in [1.165, 1.54) is 54.5 Å². The molecule has 1 aromatic heterocycles. The smallest absolute Gasteiger partial charge is 0.234 e. The van der Waals surface area contributed by atoms with Gasteiger partial charge in [0.1, 0.15) is 0 Å². The van der Waals surface area contributed by atoms with Crippen molar-refractivity contribution in [1.29, 1.82) is 0 Å². The lowest BCUT2D eigenvalue weighted by atomic mass is 10.2. The van der Waals surface area contributed by atoms with E-state index in [9.17, 15) is 4.79 Å². The van der Waals surface area contributed by atoms with Crippen molar-refractivity contribution in [2.24, 2.45) is 0 Å². The van der Waals surface area contributed by atoms with Gasteiger partial charge in [0.25, 0.3) is 0 Å². The third kappa shape index (κ3) is 5.34. The third-order valence-electron chi connectivity index (χ3n) is 4.07. The van der Waals surface area contributed by atoms with Crippen molar-refractivity contribution in [3.63, 3.8) is 0 Å². The van der Waals surface area contributed by atoms with Crippen LogP contribution in [0, 0.1) is 0 Å². The topological polar surface area (TPSA) is 70.1 Å². The SMILES string of the molecule is CNc1nnc(SCC(=O)Nc2ccc(N3CCCCCC3)cc2)s1. The van der Waals surface area contributed by atoms with Crippen LogP contribution in [-0.2, 0) is 4.79 Å². The zero-order valence-electron chi connectivity index (χ0n) is 14.3. The number of benzene rings is 1. The van der Waals surface area contributed by atoms with E-state index in [1.807, 2.05) is 12.1 Å². The second-order valence-electron chi connectivity index (χ2n) is 5.91. The summed E-state index contributed by atoms with van der Waals surface area (Å²) in [6.45, 7) is 2.25. The summed E-state index contributed by atoms with van der Waals surface area (Å²) in [4.78, 5) is 14.5. The first-order valence-electron chi connectivity index (χ1n) is 8.53. The van der Waals surface area contributed by atoms with Crippen molar-refractivity contribution in [3.8, 4) is 0 Å². The van der Waals surface area contributed by atoms with Crippen LogP contribution in [0.3, 0.4) is 0 Å². The van der Waals surface area contributed by atoms with E-state index in [1.54, 1.807) is 7.05 Å². The molecular weight excluding hydrogens is 354 g/mol. The number of anilines is 3. The van der Waals surface area contributed by atoms with Gasteiger partial charge in [-0.3, -0.25) is 4.79 Å². The first-order chi connectivity index (χ1) is 12.2. The molecule has 0 saturated carbocycles. The molecule has 134 valence electrons. The predicted molar refractivity (Wildman–Crippen MR) is 106 cm³/mol. The van der Waals surface area contributed by atoms with Crippen molar-refractivity contribution in [2.75, 3.05) is 41.4 Å². The van der Waals surface area contributed by atoms with E-state index >= 15 is 0 Å². The van der Waals surface area contributed by atoms with Crippen LogP contribution in [0.2, 0.25) is 0 Å². The normalized spacial score (nSPS) is 14.8. The molecular formula is C17H23N5OS2. The highest BCUT2D eigenvalue weighted by atomic mass is 32.2. The number of carbonyl (C=O) groups excluding carboxylic acids is 1. The van der Waals surface area contributed by atoms with Crippen molar-refractivity contribution in [3.05, 3.63) is 24.3 Å². The number of nitrogens with zero attached hydrogens (tertiary/aromatic N) is 3. The molecule has 1 fully saturated rings. The highest BCUT2D eigenvalue weighted by Crippen LogP contribution is 2.25. The molecule has 0 radical (unpaired) electrons. The van der Waals surface area contributed by atoms with Gasteiger partial charge in [-0.2, -0.15) is 0 Å². The van der Waals surface area contributed by atoms with Crippen LogP contribution in [0.15, 0.2) is 28.6 Å². The Kier molecular flexibility index (Phi) is 6.52. The second-order valence-corrected chi connectivity index (χ2v) is 8.11. The standard InChI is InChI=1S/C17H23N5OS2/c1-18-16-20-21-17(25-16)24-12-15(23)19-13-6-8-14(9-7-13)22-10-4-2-3-5-11-22/h6-9H,2-5,10-12H2,1H3,(H,18,20)(H,19,23). The molecule has 3 rings (SSSR count). The van der Waals surface area contributed by atoms with Crippen LogP contribution in [-0.4, -0.2) is 42.0 Å². The van der Waals surface area contributed by atoms with Crippen LogP contribution >= 0.6 is 23.1 Å². The molecule has 0 atom stereocenters. The van der Waals surface area contributed by atoms with Gasteiger partial charge in [-0.15, -0.1) is 10.2 Å². The van der Waals surface area contributed by atoms with E-state index in [2.05, 4.69) is 37.9 Å². The van der Waals surface area contributed by atoms with Gasteiger partial charge in [0, 0.05) is 31.5 Å². The Labute approximate surface area is 156 Å². The Morgan fingerprint density at radius 1 is 1.16 bits per heavy atom. The van der Waals surface area contributed by atoms with Crippen LogP contribution in [0.5, 0.6) is 0 Å². The number of hydrogen-bond donors (Lipinski definition) is 2. The minimum atomic E-state index is -0.0336. The lowest BCUT2D eigenvalue weighted by Crippen LogP contribution is -2.23. The lowest BCUT2D eigenvalue weighted by Gasteiger charge is -2.22. The molecule has 1 aliphatic heterocycles. The number of hydrogen-bond acceptors (Lipinski definition) is 7. The maximum atomic E-state index is 12.1. The predicted octanol–water partition coefficient (Wildman–Crippen LogP) is 3.69. The zero-order valence-corrected chi connectivity index (χ0v) is 16.0. The van der Waals surface area contributed by atoms with E-state index < -0.39 is 0 Å². The summed E-state index contributed by atoms with van der Waals surface area (Å²) in [5.41, 5.74) is 2.07. The third-order valence-corrected chi connectivity index (χ3v) is 6.14. The van der Waals surface area contributed by atoms with Crippen LogP contribution in [0.1, 0.15) is 25.7 Å². The summed E-state index contributed by atoms with van der Waals surface area (Å²) in [5.74, 6) is 0.292. The Morgan fingerprint density at radius 2 is 1.88 bits per heavy atom. The number of amides is 1. The summed E-state index contributed by atoms with van der Waals surface area (Å²) < 4.78 is 0.788. The van der Waals surface area contributed by atoms with Gasteiger partial charge in [0.15, 0.2) is 4.34 Å². The van der Waals surface area contributed by atoms with E-state index in [-0.39, 0.29) is 5.91 Å². The molecule has 8 heteroatoms. The van der Waals surface area contributed by atoms with Gasteiger partial charge < -0.3 is 15.5 Å². The average Bonchev–Trinajstić information content (AvgIpc) is 2.93. The fourth-order valence-electron chi connectivity index (χ4n) is 2.78. The molecule has 25 heavy (non-hydrogen) atoms. The summed E-state index contributed by atoms with van der Waals surface area (Å²) in [6.07, 6.45) is 5.17. The minimum absolute atomic E-state index is 0.0336. The minimum Gasteiger partial charge on any atom is -0.372 e. The Hall–Kier alpha value is -1.80. The molecule has 0 bridgehead atoms. The number of carbonyl (C=O) groups is 1. The maximum Gasteiger partial charge on any atom is 0.234 e. The molecule has 0 aliphatic carbocycles. The fourth-order valence-corrected chi connectivity index (χ4v) is 4.28. The number of nitrogens with one attached hydrogen (secondary N) is 2. The lowest BCUT2D eigenvalue weighted by molar-refractivity contribution is -0.113. The van der Waals surface area contributed by atoms with Gasteiger partial charge in [-0.25, -0.2) is 0 Å². The molecule has 2 N–H and O–H groups in total. The Bertz CT molecular complexity index is 681. The largest absolute Gasteiger partial charge is 0.372 e. The van der Waals surface area contributed by atoms with Gasteiger partial charge in [-0.1, -0.05) is 35.9 Å². The first-order valence-corrected chi connectivity index (χ1v) is 10.3. The number of aromatic nitrogens is 2. The quantitative estimate of drug-likeness (QED) is 0.748. The molecule has 1 aromatic carbocycles. The van der Waals surface area contributed by atoms with E-state index in [0.29, 0.717) is 5.75 Å². The van der Waals surface area contributed by atoms with Crippen molar-refractivity contribution in [2.45, 2.75) is 30.0 Å². The number of rotatable bonds is 6. The molecule has 1 saturated heterocycles. The highest BCUT2D eigenvalue weighted by Gasteiger charge is 2.11. The monoisotopic (exact) mass is 377 g/mol. The maximum absolute atomic E-state index is 12.1. The van der Waals surface area contributed by atoms with Crippen molar-refractivity contribution < 1.29 is 4.79 Å². The van der Waals surface area contributed by atoms with E-state index in [0.717, 1.165) is 28.2 Å². The van der Waals surface area contributed by atoms with Gasteiger partial charge >= 0.3 is 0 Å². The average molecular weight is 378 g/mol. The van der Waals surface area contributed by atoms with E-state index in [4.69, 9.17) is 0 Å². The van der Waals surface area contributed by atoms with Gasteiger partial charge in [0.05, 0.1) is 5.75 Å². The molecule has 0 unspecified atom stereocenters. The Balaban J connectivity index is 1.49. The zero-order chi connectivity index (χ0) is 17.5. The molecule has 1 amide bonds. The molecule has 6 nitrogen and oxygen atoms in total. The molecule has 2 heterocycles. The highest BCUT2D eigenvalue weighted by molar-refractivity contribution is 8.01. The van der Waals surface area contributed by atoms with Crippen LogP contribution < -0.4 is 15.5 Å².